The number of carboxylic acid groups (broad SMARTS) is 1. The fourth-order valence-electron chi connectivity index (χ4n) is 2.06. The Morgan fingerprint density at radius 1 is 1.35 bits per heavy atom. The van der Waals surface area contributed by atoms with Gasteiger partial charge < -0.3 is 10.0 Å². The van der Waals surface area contributed by atoms with Gasteiger partial charge in [0.1, 0.15) is 5.82 Å². The van der Waals surface area contributed by atoms with Crippen molar-refractivity contribution in [3.8, 4) is 0 Å². The summed E-state index contributed by atoms with van der Waals surface area (Å²) in [7, 11) is 0. The molecule has 106 valence electrons. The maximum Gasteiger partial charge on any atom is 0.306 e. The fourth-order valence-corrected chi connectivity index (χ4v) is 2.06. The van der Waals surface area contributed by atoms with E-state index in [0.717, 1.165) is 5.56 Å². The number of likely N-dealkylation sites (tertiary alicyclic amines) is 1. The van der Waals surface area contributed by atoms with E-state index in [1.165, 1.54) is 18.2 Å². The molecule has 0 aromatic heterocycles. The summed E-state index contributed by atoms with van der Waals surface area (Å²) in [6.07, 6.45) is 3.05. The summed E-state index contributed by atoms with van der Waals surface area (Å²) in [4.78, 5) is 24.2. The van der Waals surface area contributed by atoms with E-state index in [2.05, 4.69) is 0 Å². The molecule has 2 rings (SSSR count). The Bertz CT molecular complexity index is 533. The van der Waals surface area contributed by atoms with Gasteiger partial charge in [-0.05, 0) is 23.8 Å². The second-order valence-electron chi connectivity index (χ2n) is 5.02. The van der Waals surface area contributed by atoms with Gasteiger partial charge in [0, 0.05) is 25.1 Å². The summed E-state index contributed by atoms with van der Waals surface area (Å²) in [6.45, 7) is 2.60. The molecule has 1 aromatic carbocycles. The first-order valence-electron chi connectivity index (χ1n) is 6.42. The molecule has 0 radical (unpaired) electrons. The zero-order valence-electron chi connectivity index (χ0n) is 11.1. The number of amides is 1. The van der Waals surface area contributed by atoms with Gasteiger partial charge in [0.05, 0.1) is 5.92 Å². The first-order valence-corrected chi connectivity index (χ1v) is 6.42. The van der Waals surface area contributed by atoms with Crippen LogP contribution in [0.4, 0.5) is 4.39 Å². The van der Waals surface area contributed by atoms with Crippen molar-refractivity contribution in [1.82, 2.24) is 4.90 Å². The van der Waals surface area contributed by atoms with Gasteiger partial charge in [-0.15, -0.1) is 0 Å². The summed E-state index contributed by atoms with van der Waals surface area (Å²) in [6, 6.07) is 5.84. The molecule has 1 N–H and O–H groups in total. The molecule has 0 saturated carbocycles. The number of carbonyl (C=O) groups is 2. The predicted octanol–water partition coefficient (Wildman–Crippen LogP) is 2.02. The minimum absolute atomic E-state index is 0.0238. The Morgan fingerprint density at radius 3 is 2.50 bits per heavy atom. The van der Waals surface area contributed by atoms with Gasteiger partial charge in [0.15, 0.2) is 0 Å². The van der Waals surface area contributed by atoms with Crippen LogP contribution < -0.4 is 0 Å². The monoisotopic (exact) mass is 277 g/mol. The van der Waals surface area contributed by atoms with Crippen LogP contribution in [-0.2, 0) is 9.59 Å². The SMILES string of the molecule is CC(C(=O)O)C1CN(C(=O)/C=C/c2ccc(F)cc2)C1. The number of rotatable bonds is 4. The quantitative estimate of drug-likeness (QED) is 0.857. The van der Waals surface area contributed by atoms with Gasteiger partial charge in [-0.3, -0.25) is 9.59 Å². The molecule has 1 aliphatic heterocycles. The highest BCUT2D eigenvalue weighted by atomic mass is 19.1. The topological polar surface area (TPSA) is 57.6 Å². The number of nitrogens with zero attached hydrogens (tertiary/aromatic N) is 1. The average Bonchev–Trinajstić information content (AvgIpc) is 2.36. The Balaban J connectivity index is 1.85. The van der Waals surface area contributed by atoms with Crippen LogP contribution in [0, 0.1) is 17.7 Å². The van der Waals surface area contributed by atoms with Gasteiger partial charge in [0.25, 0.3) is 0 Å². The minimum Gasteiger partial charge on any atom is -0.481 e. The molecule has 1 unspecified atom stereocenters. The Labute approximate surface area is 116 Å². The number of aliphatic carboxylic acids is 1. The third-order valence-corrected chi connectivity index (χ3v) is 3.61. The van der Waals surface area contributed by atoms with E-state index in [9.17, 15) is 14.0 Å². The zero-order valence-corrected chi connectivity index (χ0v) is 11.1. The molecule has 4 nitrogen and oxygen atoms in total. The number of halogens is 1. The molecule has 1 atom stereocenters. The van der Waals surface area contributed by atoms with Crippen LogP contribution in [0.5, 0.6) is 0 Å². The van der Waals surface area contributed by atoms with Gasteiger partial charge in [-0.2, -0.15) is 0 Å². The molecule has 1 aromatic rings. The predicted molar refractivity (Wildman–Crippen MR) is 72.3 cm³/mol. The van der Waals surface area contributed by atoms with E-state index in [-0.39, 0.29) is 17.6 Å². The number of benzene rings is 1. The maximum absolute atomic E-state index is 12.7. The van der Waals surface area contributed by atoms with E-state index < -0.39 is 11.9 Å². The summed E-state index contributed by atoms with van der Waals surface area (Å²) in [5.41, 5.74) is 0.746. The van der Waals surface area contributed by atoms with Crippen LogP contribution in [-0.4, -0.2) is 35.0 Å². The molecule has 0 aliphatic carbocycles. The number of hydrogen-bond acceptors (Lipinski definition) is 2. The second-order valence-corrected chi connectivity index (χ2v) is 5.02. The second kappa shape index (κ2) is 5.86. The summed E-state index contributed by atoms with van der Waals surface area (Å²) in [5, 5.41) is 8.87. The number of carbonyl (C=O) groups excluding carboxylic acids is 1. The number of carboxylic acids is 1. The normalized spacial score (nSPS) is 17.0. The summed E-state index contributed by atoms with van der Waals surface area (Å²) in [5.74, 6) is -1.70. The van der Waals surface area contributed by atoms with Gasteiger partial charge in [-0.1, -0.05) is 19.1 Å². The van der Waals surface area contributed by atoms with Crippen molar-refractivity contribution in [3.63, 3.8) is 0 Å². The average molecular weight is 277 g/mol. The van der Waals surface area contributed by atoms with Crippen LogP contribution in [0.3, 0.4) is 0 Å². The lowest BCUT2D eigenvalue weighted by atomic mass is 9.87. The molecule has 1 amide bonds. The smallest absolute Gasteiger partial charge is 0.306 e. The van der Waals surface area contributed by atoms with Crippen LogP contribution in [0.25, 0.3) is 6.08 Å². The fraction of sp³-hybridized carbons (Fsp3) is 0.333. The van der Waals surface area contributed by atoms with E-state index in [1.807, 2.05) is 0 Å². The van der Waals surface area contributed by atoms with Crippen molar-refractivity contribution in [2.24, 2.45) is 11.8 Å². The Kier molecular flexibility index (Phi) is 4.17. The molecule has 5 heteroatoms. The first kappa shape index (κ1) is 14.2. The van der Waals surface area contributed by atoms with E-state index in [0.29, 0.717) is 13.1 Å². The van der Waals surface area contributed by atoms with Gasteiger partial charge in [0.2, 0.25) is 5.91 Å². The minimum atomic E-state index is -0.830. The largest absolute Gasteiger partial charge is 0.481 e. The van der Waals surface area contributed by atoms with Crippen molar-refractivity contribution < 1.29 is 19.1 Å². The standard InChI is InChI=1S/C15H16FNO3/c1-10(15(19)20)12-8-17(9-12)14(18)7-4-11-2-5-13(16)6-3-11/h2-7,10,12H,8-9H2,1H3,(H,19,20)/b7-4+. The van der Waals surface area contributed by atoms with Crippen LogP contribution in [0.1, 0.15) is 12.5 Å². The highest BCUT2D eigenvalue weighted by Crippen LogP contribution is 2.24. The molecule has 20 heavy (non-hydrogen) atoms. The van der Waals surface area contributed by atoms with E-state index in [1.54, 1.807) is 30.0 Å². The van der Waals surface area contributed by atoms with Crippen LogP contribution >= 0.6 is 0 Å². The highest BCUT2D eigenvalue weighted by Gasteiger charge is 2.36. The molecule has 1 fully saturated rings. The number of hydrogen-bond donors (Lipinski definition) is 1. The lowest BCUT2D eigenvalue weighted by molar-refractivity contribution is -0.148. The third kappa shape index (κ3) is 3.23. The van der Waals surface area contributed by atoms with Crippen molar-refractivity contribution >= 4 is 18.0 Å². The van der Waals surface area contributed by atoms with Gasteiger partial charge >= 0.3 is 5.97 Å². The molecule has 0 bridgehead atoms. The van der Waals surface area contributed by atoms with Crippen molar-refractivity contribution in [2.75, 3.05) is 13.1 Å². The van der Waals surface area contributed by atoms with Crippen LogP contribution in [0.2, 0.25) is 0 Å². The van der Waals surface area contributed by atoms with E-state index >= 15 is 0 Å². The molecule has 1 heterocycles. The molecule has 1 aliphatic rings. The Hall–Kier alpha value is -2.17. The van der Waals surface area contributed by atoms with Crippen molar-refractivity contribution in [1.29, 1.82) is 0 Å². The molecule has 1 saturated heterocycles. The maximum atomic E-state index is 12.7. The lowest BCUT2D eigenvalue weighted by Gasteiger charge is -2.40. The van der Waals surface area contributed by atoms with Crippen LogP contribution in [0.15, 0.2) is 30.3 Å². The molecular formula is C15H16FNO3. The lowest BCUT2D eigenvalue weighted by Crippen LogP contribution is -2.53. The Morgan fingerprint density at radius 2 is 1.95 bits per heavy atom. The zero-order chi connectivity index (χ0) is 14.7. The van der Waals surface area contributed by atoms with Gasteiger partial charge in [-0.25, -0.2) is 4.39 Å². The summed E-state index contributed by atoms with van der Waals surface area (Å²) >= 11 is 0. The highest BCUT2D eigenvalue weighted by molar-refractivity contribution is 5.92. The molecular weight excluding hydrogens is 261 g/mol. The summed E-state index contributed by atoms with van der Waals surface area (Å²) < 4.78 is 12.7. The van der Waals surface area contributed by atoms with Crippen molar-refractivity contribution in [3.05, 3.63) is 41.7 Å². The third-order valence-electron chi connectivity index (χ3n) is 3.61. The van der Waals surface area contributed by atoms with E-state index in [4.69, 9.17) is 5.11 Å². The molecule has 0 spiro atoms. The van der Waals surface area contributed by atoms with Crippen molar-refractivity contribution in [2.45, 2.75) is 6.92 Å². The first-order chi connectivity index (χ1) is 9.47.